The van der Waals surface area contributed by atoms with Crippen LogP contribution in [0.2, 0.25) is 0 Å². The van der Waals surface area contributed by atoms with E-state index in [1.807, 2.05) is 6.92 Å². The molecule has 1 aromatic carbocycles. The van der Waals surface area contributed by atoms with Crippen LogP contribution in [0.3, 0.4) is 0 Å². The third-order valence-corrected chi connectivity index (χ3v) is 3.50. The highest BCUT2D eigenvalue weighted by Crippen LogP contribution is 2.21. The summed E-state index contributed by atoms with van der Waals surface area (Å²) in [4.78, 5) is 37.2. The van der Waals surface area contributed by atoms with E-state index in [1.165, 1.54) is 0 Å². The Labute approximate surface area is 132 Å². The molecule has 3 rings (SSSR count). The second-order valence-corrected chi connectivity index (χ2v) is 5.18. The highest BCUT2D eigenvalue weighted by Gasteiger charge is 2.36. The van der Waals surface area contributed by atoms with E-state index in [0.29, 0.717) is 16.8 Å². The fourth-order valence-electron chi connectivity index (χ4n) is 2.29. The van der Waals surface area contributed by atoms with E-state index in [2.05, 4.69) is 15.5 Å². The molecule has 7 nitrogen and oxygen atoms in total. The minimum Gasteiger partial charge on any atom is -0.349 e. The molecule has 7 heteroatoms. The van der Waals surface area contributed by atoms with Gasteiger partial charge in [0.25, 0.3) is 11.8 Å². The van der Waals surface area contributed by atoms with E-state index in [-0.39, 0.29) is 13.1 Å². The normalized spacial score (nSPS) is 13.2. The molecule has 0 aliphatic carbocycles. The number of nitrogens with zero attached hydrogens (tertiary/aromatic N) is 3. The van der Waals surface area contributed by atoms with Crippen LogP contribution in [0.5, 0.6) is 0 Å². The minimum atomic E-state index is -0.448. The van der Waals surface area contributed by atoms with Gasteiger partial charge < -0.3 is 5.32 Å². The van der Waals surface area contributed by atoms with E-state index in [0.717, 1.165) is 10.6 Å². The number of carbonyl (C=O) groups is 3. The molecule has 0 atom stereocenters. The first-order valence-electron chi connectivity index (χ1n) is 7.07. The summed E-state index contributed by atoms with van der Waals surface area (Å²) in [6, 6.07) is 10.1. The van der Waals surface area contributed by atoms with Crippen LogP contribution in [0.25, 0.3) is 0 Å². The van der Waals surface area contributed by atoms with Gasteiger partial charge in [-0.05, 0) is 31.2 Å². The van der Waals surface area contributed by atoms with Gasteiger partial charge >= 0.3 is 0 Å². The van der Waals surface area contributed by atoms with Gasteiger partial charge in [0, 0.05) is 0 Å². The molecule has 0 unspecified atom stereocenters. The number of nitrogens with one attached hydrogen (secondary N) is 1. The molecule has 0 spiro atoms. The predicted octanol–water partition coefficient (Wildman–Crippen LogP) is 0.697. The summed E-state index contributed by atoms with van der Waals surface area (Å²) >= 11 is 0. The molecular weight excluding hydrogens is 296 g/mol. The highest BCUT2D eigenvalue weighted by atomic mass is 16.2. The first-order valence-corrected chi connectivity index (χ1v) is 7.07. The van der Waals surface area contributed by atoms with E-state index < -0.39 is 17.7 Å². The van der Waals surface area contributed by atoms with Crippen molar-refractivity contribution in [2.45, 2.75) is 13.5 Å². The summed E-state index contributed by atoms with van der Waals surface area (Å²) in [5, 5.41) is 10.4. The zero-order chi connectivity index (χ0) is 16.4. The summed E-state index contributed by atoms with van der Waals surface area (Å²) in [5.74, 6) is -1.33. The Morgan fingerprint density at radius 2 is 1.70 bits per heavy atom. The van der Waals surface area contributed by atoms with E-state index in [9.17, 15) is 14.4 Å². The maximum Gasteiger partial charge on any atom is 0.262 e. The third kappa shape index (κ3) is 2.94. The number of imide groups is 1. The van der Waals surface area contributed by atoms with Crippen molar-refractivity contribution in [2.24, 2.45) is 0 Å². The first-order chi connectivity index (χ1) is 11.1. The van der Waals surface area contributed by atoms with Crippen molar-refractivity contribution in [1.82, 2.24) is 20.4 Å². The fraction of sp³-hybridized carbons (Fsp3) is 0.188. The molecule has 0 bridgehead atoms. The second-order valence-electron chi connectivity index (χ2n) is 5.18. The molecule has 0 saturated heterocycles. The molecule has 1 N–H and O–H groups in total. The third-order valence-electron chi connectivity index (χ3n) is 3.50. The van der Waals surface area contributed by atoms with Crippen molar-refractivity contribution < 1.29 is 14.4 Å². The summed E-state index contributed by atoms with van der Waals surface area (Å²) in [6.45, 7) is 1.69. The van der Waals surface area contributed by atoms with Crippen LogP contribution in [0, 0.1) is 6.92 Å². The zero-order valence-corrected chi connectivity index (χ0v) is 12.4. The Morgan fingerprint density at radius 3 is 2.26 bits per heavy atom. The second kappa shape index (κ2) is 5.96. The maximum atomic E-state index is 12.2. The number of rotatable bonds is 4. The lowest BCUT2D eigenvalue weighted by atomic mass is 10.1. The molecule has 0 fully saturated rings. The Kier molecular flexibility index (Phi) is 3.84. The van der Waals surface area contributed by atoms with Gasteiger partial charge in [-0.2, -0.15) is 10.2 Å². The van der Waals surface area contributed by atoms with Crippen molar-refractivity contribution in [3.63, 3.8) is 0 Å². The van der Waals surface area contributed by atoms with Gasteiger partial charge in [0.1, 0.15) is 6.54 Å². The summed E-state index contributed by atoms with van der Waals surface area (Å²) in [7, 11) is 0. The zero-order valence-electron chi connectivity index (χ0n) is 12.4. The van der Waals surface area contributed by atoms with Crippen LogP contribution >= 0.6 is 0 Å². The average molecular weight is 310 g/mol. The molecule has 1 aliphatic rings. The van der Waals surface area contributed by atoms with Crippen LogP contribution in [-0.4, -0.2) is 39.4 Å². The number of fused-ring (bicyclic) bond motifs is 1. The summed E-state index contributed by atoms with van der Waals surface area (Å²) in [6.07, 6.45) is 0. The number of hydrogen-bond acceptors (Lipinski definition) is 5. The monoisotopic (exact) mass is 310 g/mol. The van der Waals surface area contributed by atoms with Crippen molar-refractivity contribution in [1.29, 1.82) is 0 Å². The minimum absolute atomic E-state index is 0.190. The lowest BCUT2D eigenvalue weighted by molar-refractivity contribution is -0.121. The number of aryl methyl sites for hydroxylation is 1. The van der Waals surface area contributed by atoms with Crippen LogP contribution in [0.15, 0.2) is 36.4 Å². The van der Waals surface area contributed by atoms with Gasteiger partial charge in [0.05, 0.1) is 29.1 Å². The van der Waals surface area contributed by atoms with Gasteiger partial charge in [-0.3, -0.25) is 19.3 Å². The molecule has 1 aliphatic heterocycles. The van der Waals surface area contributed by atoms with Gasteiger partial charge in [0.2, 0.25) is 5.91 Å². The van der Waals surface area contributed by atoms with Crippen LogP contribution in [-0.2, 0) is 11.3 Å². The van der Waals surface area contributed by atoms with Crippen molar-refractivity contribution in [2.75, 3.05) is 6.54 Å². The Morgan fingerprint density at radius 1 is 1.04 bits per heavy atom. The molecule has 0 radical (unpaired) electrons. The first kappa shape index (κ1) is 14.8. The number of amides is 3. The number of aromatic nitrogens is 2. The Hall–Kier alpha value is -3.09. The van der Waals surface area contributed by atoms with Crippen LogP contribution < -0.4 is 5.32 Å². The topological polar surface area (TPSA) is 92.3 Å². The largest absolute Gasteiger partial charge is 0.349 e. The lowest BCUT2D eigenvalue weighted by Crippen LogP contribution is -2.40. The molecule has 2 heterocycles. The van der Waals surface area contributed by atoms with E-state index in [4.69, 9.17) is 0 Å². The molecule has 2 aromatic rings. The predicted molar refractivity (Wildman–Crippen MR) is 80.4 cm³/mol. The quantitative estimate of drug-likeness (QED) is 0.839. The lowest BCUT2D eigenvalue weighted by Gasteiger charge is -2.13. The summed E-state index contributed by atoms with van der Waals surface area (Å²) < 4.78 is 0. The van der Waals surface area contributed by atoms with Gasteiger partial charge in [-0.25, -0.2) is 0 Å². The van der Waals surface area contributed by atoms with Gasteiger partial charge in [-0.1, -0.05) is 12.1 Å². The highest BCUT2D eigenvalue weighted by molar-refractivity contribution is 6.22. The number of carbonyl (C=O) groups excluding carboxylic acids is 3. The van der Waals surface area contributed by atoms with Crippen molar-refractivity contribution in [3.05, 3.63) is 58.9 Å². The molecule has 1 aromatic heterocycles. The maximum absolute atomic E-state index is 12.2. The molecular formula is C16H14N4O3. The SMILES string of the molecule is Cc1ccc(CNC(=O)CN2C(=O)c3ccccc3C2=O)nn1. The molecule has 3 amide bonds. The fourth-order valence-corrected chi connectivity index (χ4v) is 2.29. The van der Waals surface area contributed by atoms with Gasteiger partial charge in [-0.15, -0.1) is 0 Å². The molecule has 0 saturated carbocycles. The molecule has 23 heavy (non-hydrogen) atoms. The Balaban J connectivity index is 1.62. The number of hydrogen-bond donors (Lipinski definition) is 1. The van der Waals surface area contributed by atoms with Crippen LogP contribution in [0.4, 0.5) is 0 Å². The van der Waals surface area contributed by atoms with E-state index >= 15 is 0 Å². The Bertz CT molecular complexity index is 751. The van der Waals surface area contributed by atoms with Crippen molar-refractivity contribution in [3.8, 4) is 0 Å². The standard InChI is InChI=1S/C16H14N4O3/c1-10-6-7-11(19-18-10)8-17-14(21)9-20-15(22)12-4-2-3-5-13(12)16(20)23/h2-7H,8-9H2,1H3,(H,17,21). The smallest absolute Gasteiger partial charge is 0.262 e. The average Bonchev–Trinajstić information content (AvgIpc) is 2.80. The summed E-state index contributed by atoms with van der Waals surface area (Å²) in [5.41, 5.74) is 2.04. The molecule has 116 valence electrons. The van der Waals surface area contributed by atoms with Crippen LogP contribution in [0.1, 0.15) is 32.1 Å². The number of benzene rings is 1. The van der Waals surface area contributed by atoms with Crippen molar-refractivity contribution >= 4 is 17.7 Å². The van der Waals surface area contributed by atoms with Gasteiger partial charge in [0.15, 0.2) is 0 Å². The van der Waals surface area contributed by atoms with E-state index in [1.54, 1.807) is 36.4 Å².